The zero-order valence-electron chi connectivity index (χ0n) is 14.6. The highest BCUT2D eigenvalue weighted by Gasteiger charge is 2.06. The molecule has 0 aliphatic carbocycles. The van der Waals surface area contributed by atoms with Gasteiger partial charge in [-0.25, -0.2) is 0 Å². The molecule has 0 spiro atoms. The molecule has 0 aliphatic heterocycles. The number of thioether (sulfide) groups is 1. The number of amides is 1. The molecule has 0 fully saturated rings. The normalized spacial score (nSPS) is 10.4. The lowest BCUT2D eigenvalue weighted by Crippen LogP contribution is -2.24. The van der Waals surface area contributed by atoms with Crippen molar-refractivity contribution in [3.8, 4) is 0 Å². The monoisotopic (exact) mass is 398 g/mol. The average molecular weight is 399 g/mol. The van der Waals surface area contributed by atoms with E-state index in [2.05, 4.69) is 20.8 Å². The van der Waals surface area contributed by atoms with Crippen LogP contribution < -0.4 is 10.6 Å². The first-order valence-electron chi connectivity index (χ1n) is 8.45. The number of nitrogens with one attached hydrogen (secondary N) is 2. The van der Waals surface area contributed by atoms with Crippen molar-refractivity contribution in [2.24, 2.45) is 0 Å². The van der Waals surface area contributed by atoms with Crippen LogP contribution in [0.5, 0.6) is 0 Å². The summed E-state index contributed by atoms with van der Waals surface area (Å²) in [6, 6.07) is 21.2. The molecule has 1 heterocycles. The van der Waals surface area contributed by atoms with E-state index < -0.39 is 0 Å². The summed E-state index contributed by atoms with van der Waals surface area (Å²) in [5, 5.41) is 15.7. The molecule has 2 N–H and O–H groups in total. The van der Waals surface area contributed by atoms with E-state index in [1.165, 1.54) is 17.3 Å². The maximum atomic E-state index is 12.0. The van der Waals surface area contributed by atoms with Crippen LogP contribution in [0.4, 0.5) is 5.82 Å². The number of halogens is 1. The van der Waals surface area contributed by atoms with Crippen molar-refractivity contribution in [3.05, 3.63) is 82.9 Å². The summed E-state index contributed by atoms with van der Waals surface area (Å²) in [6.45, 7) is 1.10. The molecule has 0 bridgehead atoms. The van der Waals surface area contributed by atoms with Gasteiger partial charge in [0.05, 0.1) is 5.75 Å². The molecule has 0 unspecified atom stereocenters. The Morgan fingerprint density at radius 1 is 0.926 bits per heavy atom. The highest BCUT2D eigenvalue weighted by atomic mass is 35.5. The third-order valence-electron chi connectivity index (χ3n) is 3.74. The fourth-order valence-electron chi connectivity index (χ4n) is 2.31. The quantitative estimate of drug-likeness (QED) is 0.558. The summed E-state index contributed by atoms with van der Waals surface area (Å²) in [7, 11) is 0. The van der Waals surface area contributed by atoms with Gasteiger partial charge in [0.1, 0.15) is 10.8 Å². The van der Waals surface area contributed by atoms with E-state index in [4.69, 9.17) is 11.6 Å². The smallest absolute Gasteiger partial charge is 0.230 e. The minimum atomic E-state index is -0.0759. The van der Waals surface area contributed by atoms with Crippen LogP contribution in [-0.2, 0) is 17.9 Å². The first-order chi connectivity index (χ1) is 13.2. The third-order valence-corrected chi connectivity index (χ3v) is 5.03. The van der Waals surface area contributed by atoms with Gasteiger partial charge in [-0.3, -0.25) is 4.79 Å². The van der Waals surface area contributed by atoms with E-state index in [0.717, 1.165) is 5.56 Å². The molecule has 0 atom stereocenters. The molecule has 1 aromatic heterocycles. The van der Waals surface area contributed by atoms with Crippen LogP contribution in [0.2, 0.25) is 5.02 Å². The second-order valence-corrected chi connectivity index (χ2v) is 7.16. The molecular weight excluding hydrogens is 380 g/mol. The lowest BCUT2D eigenvalue weighted by Gasteiger charge is -2.07. The second-order valence-electron chi connectivity index (χ2n) is 5.75. The van der Waals surface area contributed by atoms with Gasteiger partial charge in [0.2, 0.25) is 5.91 Å². The largest absolute Gasteiger partial charge is 0.365 e. The number of hydrogen-bond acceptors (Lipinski definition) is 5. The molecule has 138 valence electrons. The van der Waals surface area contributed by atoms with Crippen LogP contribution in [0.1, 0.15) is 11.1 Å². The Balaban J connectivity index is 1.41. The molecule has 1 amide bonds. The Kier molecular flexibility index (Phi) is 7.07. The summed E-state index contributed by atoms with van der Waals surface area (Å²) < 4.78 is 0. The Labute approximate surface area is 167 Å². The summed E-state index contributed by atoms with van der Waals surface area (Å²) in [5.41, 5.74) is 2.07. The van der Waals surface area contributed by atoms with Crippen molar-refractivity contribution in [2.45, 2.75) is 18.1 Å². The number of rotatable bonds is 8. The summed E-state index contributed by atoms with van der Waals surface area (Å²) in [6.07, 6.45) is 0. The number of anilines is 1. The fraction of sp³-hybridized carbons (Fsp3) is 0.150. The molecule has 0 saturated carbocycles. The molecule has 0 aliphatic rings. The van der Waals surface area contributed by atoms with Crippen LogP contribution in [0, 0.1) is 0 Å². The SMILES string of the molecule is O=C(CSc1ccc(NCc2ccccc2)nn1)NCc1ccccc1Cl. The highest BCUT2D eigenvalue weighted by Crippen LogP contribution is 2.17. The lowest BCUT2D eigenvalue weighted by molar-refractivity contribution is -0.118. The molecule has 0 radical (unpaired) electrons. The molecule has 27 heavy (non-hydrogen) atoms. The van der Waals surface area contributed by atoms with E-state index in [1.54, 1.807) is 6.07 Å². The first kappa shape index (κ1) is 19.2. The van der Waals surface area contributed by atoms with Gasteiger partial charge in [-0.15, -0.1) is 10.2 Å². The Morgan fingerprint density at radius 2 is 1.70 bits per heavy atom. The minimum Gasteiger partial charge on any atom is -0.365 e. The van der Waals surface area contributed by atoms with Gasteiger partial charge in [-0.05, 0) is 29.3 Å². The number of nitrogens with zero attached hydrogens (tertiary/aromatic N) is 2. The van der Waals surface area contributed by atoms with Crippen LogP contribution in [0.15, 0.2) is 71.8 Å². The van der Waals surface area contributed by atoms with Crippen molar-refractivity contribution < 1.29 is 4.79 Å². The van der Waals surface area contributed by atoms with Gasteiger partial charge in [0.15, 0.2) is 0 Å². The van der Waals surface area contributed by atoms with Gasteiger partial charge in [0, 0.05) is 18.1 Å². The van der Waals surface area contributed by atoms with Gasteiger partial charge in [0.25, 0.3) is 0 Å². The van der Waals surface area contributed by atoms with E-state index >= 15 is 0 Å². The van der Waals surface area contributed by atoms with Crippen LogP contribution in [0.3, 0.4) is 0 Å². The van der Waals surface area contributed by atoms with Gasteiger partial charge in [-0.2, -0.15) is 0 Å². The topological polar surface area (TPSA) is 66.9 Å². The van der Waals surface area contributed by atoms with Crippen molar-refractivity contribution in [2.75, 3.05) is 11.1 Å². The number of carbonyl (C=O) groups is 1. The Morgan fingerprint density at radius 3 is 2.44 bits per heavy atom. The predicted molar refractivity (Wildman–Crippen MR) is 110 cm³/mol. The molecule has 7 heteroatoms. The zero-order valence-corrected chi connectivity index (χ0v) is 16.1. The van der Waals surface area contributed by atoms with Crippen molar-refractivity contribution in [3.63, 3.8) is 0 Å². The van der Waals surface area contributed by atoms with Gasteiger partial charge >= 0.3 is 0 Å². The van der Waals surface area contributed by atoms with Crippen molar-refractivity contribution >= 4 is 35.1 Å². The predicted octanol–water partition coefficient (Wildman–Crippen LogP) is 4.15. The zero-order chi connectivity index (χ0) is 18.9. The van der Waals surface area contributed by atoms with E-state index in [9.17, 15) is 4.79 Å². The molecule has 3 rings (SSSR count). The lowest BCUT2D eigenvalue weighted by atomic mass is 10.2. The van der Waals surface area contributed by atoms with Crippen molar-refractivity contribution in [1.82, 2.24) is 15.5 Å². The summed E-state index contributed by atoms with van der Waals surface area (Å²) in [5.74, 6) is 0.898. The van der Waals surface area contributed by atoms with Crippen molar-refractivity contribution in [1.29, 1.82) is 0 Å². The number of benzene rings is 2. The second kappa shape index (κ2) is 9.94. The standard InChI is InChI=1S/C20H19ClN4OS/c21-17-9-5-4-8-16(17)13-23-19(26)14-27-20-11-10-18(24-25-20)22-12-15-6-2-1-3-7-15/h1-11H,12-14H2,(H,22,24)(H,23,26). The first-order valence-corrected chi connectivity index (χ1v) is 9.81. The molecular formula is C20H19ClN4OS. The van der Waals surface area contributed by atoms with E-state index in [1.807, 2.05) is 60.7 Å². The molecule has 3 aromatic rings. The Hall–Kier alpha value is -2.57. The van der Waals surface area contributed by atoms with Crippen LogP contribution >= 0.6 is 23.4 Å². The van der Waals surface area contributed by atoms with E-state index in [0.29, 0.717) is 29.0 Å². The summed E-state index contributed by atoms with van der Waals surface area (Å²) >= 11 is 7.42. The third kappa shape index (κ3) is 6.27. The number of carbonyl (C=O) groups excluding carboxylic acids is 1. The van der Waals surface area contributed by atoms with Crippen LogP contribution in [-0.4, -0.2) is 21.9 Å². The van der Waals surface area contributed by atoms with E-state index in [-0.39, 0.29) is 11.7 Å². The molecule has 5 nitrogen and oxygen atoms in total. The average Bonchev–Trinajstić information content (AvgIpc) is 2.71. The van der Waals surface area contributed by atoms with Crippen LogP contribution in [0.25, 0.3) is 0 Å². The number of aromatic nitrogens is 2. The Bertz CT molecular complexity index is 875. The van der Waals surface area contributed by atoms with Gasteiger partial charge < -0.3 is 10.6 Å². The highest BCUT2D eigenvalue weighted by molar-refractivity contribution is 7.99. The van der Waals surface area contributed by atoms with Gasteiger partial charge in [-0.1, -0.05) is 71.9 Å². The maximum Gasteiger partial charge on any atom is 0.230 e. The molecule has 2 aromatic carbocycles. The maximum absolute atomic E-state index is 12.0. The fourth-order valence-corrected chi connectivity index (χ4v) is 3.15. The minimum absolute atomic E-state index is 0.0759. The summed E-state index contributed by atoms with van der Waals surface area (Å²) in [4.78, 5) is 12.0. The molecule has 0 saturated heterocycles. The number of hydrogen-bond donors (Lipinski definition) is 2.